The SMILES string of the molecule is COCCNC(=O)c1oc2c(c1C)/C(=N\NC(N)=S)CC(C)(C)C2. The number of carbonyl (C=O) groups is 1. The van der Waals surface area contributed by atoms with Crippen molar-refractivity contribution in [2.24, 2.45) is 16.3 Å². The van der Waals surface area contributed by atoms with Crippen LogP contribution in [0.25, 0.3) is 0 Å². The molecular formula is C16H24N4O3S. The summed E-state index contributed by atoms with van der Waals surface area (Å²) in [7, 11) is 1.59. The topological polar surface area (TPSA) is 102 Å². The molecule has 0 aromatic carbocycles. The summed E-state index contributed by atoms with van der Waals surface area (Å²) in [6.07, 6.45) is 1.47. The highest BCUT2D eigenvalue weighted by Gasteiger charge is 2.36. The smallest absolute Gasteiger partial charge is 0.287 e. The molecule has 1 heterocycles. The summed E-state index contributed by atoms with van der Waals surface area (Å²) in [6, 6.07) is 0. The average Bonchev–Trinajstić information content (AvgIpc) is 2.80. The van der Waals surface area contributed by atoms with E-state index in [1.807, 2.05) is 6.92 Å². The van der Waals surface area contributed by atoms with Crippen LogP contribution >= 0.6 is 12.2 Å². The van der Waals surface area contributed by atoms with E-state index in [1.165, 1.54) is 0 Å². The number of nitrogens with zero attached hydrogens (tertiary/aromatic N) is 1. The maximum atomic E-state index is 12.3. The highest BCUT2D eigenvalue weighted by molar-refractivity contribution is 7.80. The van der Waals surface area contributed by atoms with Crippen molar-refractivity contribution in [2.75, 3.05) is 20.3 Å². The number of amides is 1. The third-order valence-electron chi connectivity index (χ3n) is 3.89. The molecule has 0 bridgehead atoms. The van der Waals surface area contributed by atoms with E-state index in [2.05, 4.69) is 29.7 Å². The van der Waals surface area contributed by atoms with Crippen LogP contribution in [0.4, 0.5) is 0 Å². The Morgan fingerprint density at radius 2 is 2.17 bits per heavy atom. The highest BCUT2D eigenvalue weighted by Crippen LogP contribution is 2.38. The van der Waals surface area contributed by atoms with Crippen molar-refractivity contribution in [3.05, 3.63) is 22.6 Å². The van der Waals surface area contributed by atoms with Crippen molar-refractivity contribution in [1.82, 2.24) is 10.7 Å². The minimum absolute atomic E-state index is 0.0299. The van der Waals surface area contributed by atoms with Crippen molar-refractivity contribution in [3.63, 3.8) is 0 Å². The lowest BCUT2D eigenvalue weighted by Crippen LogP contribution is -2.31. The number of hydrazone groups is 1. The maximum absolute atomic E-state index is 12.3. The number of hydrogen-bond acceptors (Lipinski definition) is 5. The number of furan rings is 1. The molecule has 1 aliphatic carbocycles. The first-order chi connectivity index (χ1) is 11.2. The van der Waals surface area contributed by atoms with Crippen LogP contribution in [0, 0.1) is 12.3 Å². The predicted octanol–water partition coefficient (Wildman–Crippen LogP) is 1.47. The highest BCUT2D eigenvalue weighted by atomic mass is 32.1. The van der Waals surface area contributed by atoms with E-state index >= 15 is 0 Å². The molecule has 4 N–H and O–H groups in total. The lowest BCUT2D eigenvalue weighted by molar-refractivity contribution is 0.0905. The molecule has 0 radical (unpaired) electrons. The number of hydrogen-bond donors (Lipinski definition) is 3. The Morgan fingerprint density at radius 1 is 1.46 bits per heavy atom. The fourth-order valence-electron chi connectivity index (χ4n) is 2.90. The Bertz CT molecular complexity index is 679. The second-order valence-electron chi connectivity index (χ2n) is 6.66. The van der Waals surface area contributed by atoms with Crippen LogP contribution < -0.4 is 16.5 Å². The Hall–Kier alpha value is -1.93. The number of ether oxygens (including phenoxy) is 1. The molecule has 24 heavy (non-hydrogen) atoms. The third-order valence-corrected chi connectivity index (χ3v) is 3.98. The van der Waals surface area contributed by atoms with Gasteiger partial charge in [0.2, 0.25) is 0 Å². The largest absolute Gasteiger partial charge is 0.455 e. The molecule has 0 atom stereocenters. The van der Waals surface area contributed by atoms with Crippen molar-refractivity contribution in [3.8, 4) is 0 Å². The van der Waals surface area contributed by atoms with Crippen LogP contribution in [0.3, 0.4) is 0 Å². The van der Waals surface area contributed by atoms with Crippen LogP contribution in [0.2, 0.25) is 0 Å². The van der Waals surface area contributed by atoms with Crippen LogP contribution in [0.1, 0.15) is 47.7 Å². The molecule has 0 fully saturated rings. The minimum atomic E-state index is -0.251. The maximum Gasteiger partial charge on any atom is 0.287 e. The van der Waals surface area contributed by atoms with E-state index in [9.17, 15) is 4.79 Å². The number of nitrogens with one attached hydrogen (secondary N) is 2. The van der Waals surface area contributed by atoms with Gasteiger partial charge in [-0.3, -0.25) is 10.2 Å². The van der Waals surface area contributed by atoms with Crippen molar-refractivity contribution in [2.45, 2.75) is 33.6 Å². The molecule has 2 rings (SSSR count). The molecule has 1 aromatic rings. The number of methoxy groups -OCH3 is 1. The van der Waals surface area contributed by atoms with Gasteiger partial charge in [-0.15, -0.1) is 0 Å². The summed E-state index contributed by atoms with van der Waals surface area (Å²) in [5, 5.41) is 7.20. The minimum Gasteiger partial charge on any atom is -0.455 e. The van der Waals surface area contributed by atoms with Gasteiger partial charge >= 0.3 is 0 Å². The van der Waals surface area contributed by atoms with Gasteiger partial charge in [0.25, 0.3) is 5.91 Å². The number of rotatable bonds is 5. The van der Waals surface area contributed by atoms with E-state index in [4.69, 9.17) is 27.1 Å². The van der Waals surface area contributed by atoms with Gasteiger partial charge in [-0.05, 0) is 31.0 Å². The summed E-state index contributed by atoms with van der Waals surface area (Å²) in [6.45, 7) is 6.99. The summed E-state index contributed by atoms with van der Waals surface area (Å²) in [5.74, 6) is 0.833. The number of carbonyl (C=O) groups excluding carboxylic acids is 1. The molecule has 7 nitrogen and oxygen atoms in total. The summed E-state index contributed by atoms with van der Waals surface area (Å²) in [4.78, 5) is 12.3. The Labute approximate surface area is 147 Å². The molecule has 0 unspecified atom stereocenters. The van der Waals surface area contributed by atoms with Gasteiger partial charge < -0.3 is 20.2 Å². The summed E-state index contributed by atoms with van der Waals surface area (Å²) < 4.78 is 10.8. The standard InChI is InChI=1S/C16H24N4O3S/c1-9-12-10(19-20-15(17)24)7-16(2,3)8-11(12)23-13(9)14(21)18-5-6-22-4/h5-8H2,1-4H3,(H,18,21)(H3,17,20,24)/b19-10-. The van der Waals surface area contributed by atoms with E-state index in [0.717, 1.165) is 35.4 Å². The van der Waals surface area contributed by atoms with E-state index in [0.29, 0.717) is 18.9 Å². The second-order valence-corrected chi connectivity index (χ2v) is 7.10. The Kier molecular flexibility index (Phi) is 5.61. The van der Waals surface area contributed by atoms with Gasteiger partial charge in [0, 0.05) is 31.2 Å². The van der Waals surface area contributed by atoms with Gasteiger partial charge in [0.1, 0.15) is 5.76 Å². The molecular weight excluding hydrogens is 328 g/mol. The van der Waals surface area contributed by atoms with Crippen LogP contribution in [-0.2, 0) is 11.2 Å². The summed E-state index contributed by atoms with van der Waals surface area (Å²) >= 11 is 4.82. The van der Waals surface area contributed by atoms with Crippen molar-refractivity contribution < 1.29 is 13.9 Å². The van der Waals surface area contributed by atoms with Gasteiger partial charge in [-0.1, -0.05) is 13.8 Å². The van der Waals surface area contributed by atoms with Gasteiger partial charge in [-0.25, -0.2) is 0 Å². The molecule has 0 saturated heterocycles. The fraction of sp³-hybridized carbons (Fsp3) is 0.562. The first kappa shape index (κ1) is 18.4. The monoisotopic (exact) mass is 352 g/mol. The van der Waals surface area contributed by atoms with Crippen molar-refractivity contribution in [1.29, 1.82) is 0 Å². The number of nitrogens with two attached hydrogens (primary N) is 1. The normalized spacial score (nSPS) is 17.4. The van der Waals surface area contributed by atoms with Crippen LogP contribution in [0.15, 0.2) is 9.52 Å². The average molecular weight is 352 g/mol. The zero-order valence-corrected chi connectivity index (χ0v) is 15.3. The first-order valence-electron chi connectivity index (χ1n) is 7.77. The zero-order chi connectivity index (χ0) is 17.9. The molecule has 0 aliphatic heterocycles. The molecule has 8 heteroatoms. The Balaban J connectivity index is 2.36. The van der Waals surface area contributed by atoms with E-state index in [-0.39, 0.29) is 16.4 Å². The molecule has 1 aromatic heterocycles. The zero-order valence-electron chi connectivity index (χ0n) is 14.5. The van der Waals surface area contributed by atoms with Crippen LogP contribution in [-0.4, -0.2) is 37.0 Å². The summed E-state index contributed by atoms with van der Waals surface area (Å²) in [5.41, 5.74) is 10.5. The number of fused-ring (bicyclic) bond motifs is 1. The lowest BCUT2D eigenvalue weighted by atomic mass is 9.75. The quantitative estimate of drug-likeness (QED) is 0.421. The van der Waals surface area contributed by atoms with Crippen LogP contribution in [0.5, 0.6) is 0 Å². The third kappa shape index (κ3) is 4.12. The molecule has 0 spiro atoms. The Morgan fingerprint density at radius 3 is 2.79 bits per heavy atom. The molecule has 0 saturated carbocycles. The van der Waals surface area contributed by atoms with Gasteiger partial charge in [0.15, 0.2) is 10.9 Å². The molecule has 132 valence electrons. The number of thiocarbonyl (C=S) groups is 1. The molecule has 1 aliphatic rings. The van der Waals surface area contributed by atoms with Gasteiger partial charge in [0.05, 0.1) is 12.3 Å². The van der Waals surface area contributed by atoms with Crippen molar-refractivity contribution >= 4 is 28.9 Å². The second kappa shape index (κ2) is 7.31. The molecule has 1 amide bonds. The first-order valence-corrected chi connectivity index (χ1v) is 8.18. The van der Waals surface area contributed by atoms with E-state index < -0.39 is 0 Å². The van der Waals surface area contributed by atoms with E-state index in [1.54, 1.807) is 7.11 Å². The predicted molar refractivity (Wildman–Crippen MR) is 96.2 cm³/mol. The van der Waals surface area contributed by atoms with Gasteiger partial charge in [-0.2, -0.15) is 5.10 Å². The lowest BCUT2D eigenvalue weighted by Gasteiger charge is -2.29. The fourth-order valence-corrected chi connectivity index (χ4v) is 2.94.